The Bertz CT molecular complexity index is 240. The maximum Gasteiger partial charge on any atom is 0.0905 e. The summed E-state index contributed by atoms with van der Waals surface area (Å²) in [4.78, 5) is 2.45. The second-order valence-electron chi connectivity index (χ2n) is 5.41. The number of nitrogens with zero attached hydrogens (tertiary/aromatic N) is 1. The number of rotatable bonds is 5. The van der Waals surface area contributed by atoms with Gasteiger partial charge in [-0.25, -0.2) is 0 Å². The van der Waals surface area contributed by atoms with Crippen molar-refractivity contribution >= 4 is 5.84 Å². The lowest BCUT2D eigenvalue weighted by molar-refractivity contribution is -0.128. The van der Waals surface area contributed by atoms with Gasteiger partial charge >= 0.3 is 0 Å². The standard InChI is InChI=1S/C12H25N3O/c1-10-8-15(9-12(2,3)16-10)7-5-4-6-11(13)14/h10H,4-9H2,1-3H3,(H3,13,14). The lowest BCUT2D eigenvalue weighted by Gasteiger charge is -2.41. The quantitative estimate of drug-likeness (QED) is 0.426. The van der Waals surface area contributed by atoms with Crippen molar-refractivity contribution in [3.63, 3.8) is 0 Å². The van der Waals surface area contributed by atoms with Crippen LogP contribution in [0.2, 0.25) is 0 Å². The molecule has 1 fully saturated rings. The highest BCUT2D eigenvalue weighted by molar-refractivity contribution is 5.76. The third-order valence-electron chi connectivity index (χ3n) is 2.81. The highest BCUT2D eigenvalue weighted by Gasteiger charge is 2.30. The summed E-state index contributed by atoms with van der Waals surface area (Å²) in [5.74, 6) is 0.302. The van der Waals surface area contributed by atoms with Gasteiger partial charge in [-0.1, -0.05) is 0 Å². The van der Waals surface area contributed by atoms with Crippen LogP contribution in [-0.2, 0) is 4.74 Å². The van der Waals surface area contributed by atoms with Crippen molar-refractivity contribution in [2.75, 3.05) is 19.6 Å². The molecule has 0 aliphatic carbocycles. The maximum absolute atomic E-state index is 7.16. The Labute approximate surface area is 98.6 Å². The second kappa shape index (κ2) is 5.64. The molecule has 1 unspecified atom stereocenters. The predicted molar refractivity (Wildman–Crippen MR) is 66.8 cm³/mol. The number of nitrogens with one attached hydrogen (secondary N) is 1. The Kier molecular flexibility index (Phi) is 4.74. The molecule has 0 saturated carbocycles. The molecule has 1 aliphatic rings. The molecule has 0 aromatic heterocycles. The first kappa shape index (κ1) is 13.5. The van der Waals surface area contributed by atoms with Gasteiger partial charge in [0.1, 0.15) is 0 Å². The first-order valence-electron chi connectivity index (χ1n) is 6.12. The van der Waals surface area contributed by atoms with Crippen molar-refractivity contribution in [3.05, 3.63) is 0 Å². The van der Waals surface area contributed by atoms with Crippen molar-refractivity contribution in [2.45, 2.75) is 51.7 Å². The number of hydrogen-bond donors (Lipinski definition) is 2. The summed E-state index contributed by atoms with van der Waals surface area (Å²) in [5, 5.41) is 7.16. The fourth-order valence-electron chi connectivity index (χ4n) is 2.41. The number of nitrogens with two attached hydrogens (primary N) is 1. The summed E-state index contributed by atoms with van der Waals surface area (Å²) in [6.45, 7) is 9.52. The minimum Gasteiger partial charge on any atom is -0.388 e. The molecule has 0 aromatic rings. The molecule has 0 bridgehead atoms. The van der Waals surface area contributed by atoms with E-state index in [0.29, 0.717) is 11.9 Å². The molecule has 4 heteroatoms. The van der Waals surface area contributed by atoms with Gasteiger partial charge in [-0.05, 0) is 40.2 Å². The number of morpholine rings is 1. The number of hydrogen-bond acceptors (Lipinski definition) is 3. The van der Waals surface area contributed by atoms with Crippen molar-refractivity contribution in [2.24, 2.45) is 5.73 Å². The Hall–Kier alpha value is -0.610. The van der Waals surface area contributed by atoms with E-state index in [1.165, 1.54) is 0 Å². The molecule has 94 valence electrons. The summed E-state index contributed by atoms with van der Waals surface area (Å²) in [6.07, 6.45) is 3.17. The molecule has 1 atom stereocenters. The van der Waals surface area contributed by atoms with E-state index in [-0.39, 0.29) is 5.60 Å². The largest absolute Gasteiger partial charge is 0.388 e. The number of amidine groups is 1. The Balaban J connectivity index is 2.23. The van der Waals surface area contributed by atoms with Crippen LogP contribution in [0.1, 0.15) is 40.0 Å². The zero-order valence-corrected chi connectivity index (χ0v) is 10.8. The van der Waals surface area contributed by atoms with E-state index in [0.717, 1.165) is 38.9 Å². The average Bonchev–Trinajstić information content (AvgIpc) is 2.08. The van der Waals surface area contributed by atoms with Crippen LogP contribution >= 0.6 is 0 Å². The van der Waals surface area contributed by atoms with Gasteiger partial charge < -0.3 is 10.5 Å². The predicted octanol–water partition coefficient (Wildman–Crippen LogP) is 1.59. The van der Waals surface area contributed by atoms with Crippen LogP contribution in [0.5, 0.6) is 0 Å². The van der Waals surface area contributed by atoms with Crippen LogP contribution in [0.4, 0.5) is 0 Å². The third-order valence-corrected chi connectivity index (χ3v) is 2.81. The minimum atomic E-state index is -0.0295. The van der Waals surface area contributed by atoms with Crippen molar-refractivity contribution in [3.8, 4) is 0 Å². The van der Waals surface area contributed by atoms with Gasteiger partial charge in [-0.3, -0.25) is 10.3 Å². The molecule has 1 heterocycles. The zero-order chi connectivity index (χ0) is 12.2. The fourth-order valence-corrected chi connectivity index (χ4v) is 2.41. The first-order chi connectivity index (χ1) is 7.39. The van der Waals surface area contributed by atoms with E-state index < -0.39 is 0 Å². The summed E-state index contributed by atoms with van der Waals surface area (Å²) in [7, 11) is 0. The van der Waals surface area contributed by atoms with Gasteiger partial charge in [0.15, 0.2) is 0 Å². The number of ether oxygens (including phenoxy) is 1. The van der Waals surface area contributed by atoms with Gasteiger partial charge in [-0.2, -0.15) is 0 Å². The molecule has 0 radical (unpaired) electrons. The summed E-state index contributed by atoms with van der Waals surface area (Å²) in [6, 6.07) is 0. The van der Waals surface area contributed by atoms with E-state index in [9.17, 15) is 0 Å². The highest BCUT2D eigenvalue weighted by Crippen LogP contribution is 2.20. The normalized spacial score (nSPS) is 25.6. The van der Waals surface area contributed by atoms with Crippen LogP contribution in [0.3, 0.4) is 0 Å². The highest BCUT2D eigenvalue weighted by atomic mass is 16.5. The molecule has 1 rings (SSSR count). The van der Waals surface area contributed by atoms with Crippen LogP contribution < -0.4 is 5.73 Å². The van der Waals surface area contributed by atoms with Crippen LogP contribution in [0.15, 0.2) is 0 Å². The van der Waals surface area contributed by atoms with Gasteiger partial charge in [0.25, 0.3) is 0 Å². The van der Waals surface area contributed by atoms with Crippen LogP contribution in [0, 0.1) is 5.41 Å². The van der Waals surface area contributed by atoms with E-state index in [2.05, 4.69) is 25.7 Å². The smallest absolute Gasteiger partial charge is 0.0905 e. The monoisotopic (exact) mass is 227 g/mol. The second-order valence-corrected chi connectivity index (χ2v) is 5.41. The average molecular weight is 227 g/mol. The van der Waals surface area contributed by atoms with Crippen molar-refractivity contribution in [1.29, 1.82) is 5.41 Å². The first-order valence-corrected chi connectivity index (χ1v) is 6.12. The summed E-state index contributed by atoms with van der Waals surface area (Å²) >= 11 is 0. The molecule has 4 nitrogen and oxygen atoms in total. The molecule has 1 aliphatic heterocycles. The summed E-state index contributed by atoms with van der Waals surface area (Å²) in [5.41, 5.74) is 5.30. The van der Waals surface area contributed by atoms with Gasteiger partial charge in [0, 0.05) is 19.5 Å². The topological polar surface area (TPSA) is 62.3 Å². The van der Waals surface area contributed by atoms with Gasteiger partial charge in [-0.15, -0.1) is 0 Å². The zero-order valence-electron chi connectivity index (χ0n) is 10.8. The lowest BCUT2D eigenvalue weighted by Crippen LogP contribution is -2.51. The minimum absolute atomic E-state index is 0.0295. The SMILES string of the molecule is CC1CN(CCCCC(=N)N)CC(C)(C)O1. The molecule has 1 saturated heterocycles. The Morgan fingerprint density at radius 1 is 1.50 bits per heavy atom. The van der Waals surface area contributed by atoms with E-state index in [1.54, 1.807) is 0 Å². The summed E-state index contributed by atoms with van der Waals surface area (Å²) < 4.78 is 5.85. The van der Waals surface area contributed by atoms with E-state index in [4.69, 9.17) is 15.9 Å². The third kappa shape index (κ3) is 4.94. The van der Waals surface area contributed by atoms with Crippen molar-refractivity contribution in [1.82, 2.24) is 4.90 Å². The molecule has 16 heavy (non-hydrogen) atoms. The molecule has 0 amide bonds. The van der Waals surface area contributed by atoms with Crippen LogP contribution in [-0.4, -0.2) is 42.1 Å². The van der Waals surface area contributed by atoms with Crippen molar-refractivity contribution < 1.29 is 4.74 Å². The molecule has 3 N–H and O–H groups in total. The van der Waals surface area contributed by atoms with Crippen LogP contribution in [0.25, 0.3) is 0 Å². The Morgan fingerprint density at radius 3 is 2.75 bits per heavy atom. The molecular weight excluding hydrogens is 202 g/mol. The van der Waals surface area contributed by atoms with E-state index >= 15 is 0 Å². The fraction of sp³-hybridized carbons (Fsp3) is 0.917. The Morgan fingerprint density at radius 2 is 2.19 bits per heavy atom. The molecule has 0 aromatic carbocycles. The van der Waals surface area contributed by atoms with Gasteiger partial charge in [0.2, 0.25) is 0 Å². The molecular formula is C12H25N3O. The van der Waals surface area contributed by atoms with E-state index in [1.807, 2.05) is 0 Å². The molecule has 0 spiro atoms. The lowest BCUT2D eigenvalue weighted by atomic mass is 10.1. The number of unbranched alkanes of at least 4 members (excludes halogenated alkanes) is 1. The van der Waals surface area contributed by atoms with Gasteiger partial charge in [0.05, 0.1) is 17.5 Å². The maximum atomic E-state index is 7.16.